The van der Waals surface area contributed by atoms with Gasteiger partial charge in [0, 0.05) is 24.7 Å². The van der Waals surface area contributed by atoms with Crippen molar-refractivity contribution < 1.29 is 9.59 Å². The molecule has 1 saturated carbocycles. The van der Waals surface area contributed by atoms with Gasteiger partial charge in [-0.1, -0.05) is 24.1 Å². The topological polar surface area (TPSA) is 40.6 Å². The minimum absolute atomic E-state index is 0.0257. The number of hydrogen-bond donors (Lipinski definition) is 0. The van der Waals surface area contributed by atoms with Crippen molar-refractivity contribution in [3.63, 3.8) is 0 Å². The van der Waals surface area contributed by atoms with E-state index in [1.165, 1.54) is 5.56 Å². The van der Waals surface area contributed by atoms with Gasteiger partial charge in [-0.2, -0.15) is 0 Å². The van der Waals surface area contributed by atoms with Gasteiger partial charge in [-0.25, -0.2) is 0 Å². The zero-order valence-electron chi connectivity index (χ0n) is 12.7. The van der Waals surface area contributed by atoms with Crippen molar-refractivity contribution >= 4 is 17.5 Å². The highest BCUT2D eigenvalue weighted by Gasteiger charge is 2.38. The number of piperazine rings is 1. The van der Waals surface area contributed by atoms with Crippen molar-refractivity contribution in [2.75, 3.05) is 18.0 Å². The molecule has 112 valence electrons. The van der Waals surface area contributed by atoms with E-state index < -0.39 is 0 Å². The molecule has 1 aromatic rings. The fourth-order valence-electron chi connectivity index (χ4n) is 3.04. The molecule has 1 saturated heterocycles. The summed E-state index contributed by atoms with van der Waals surface area (Å²) in [6.45, 7) is 5.10. The van der Waals surface area contributed by atoms with Crippen molar-refractivity contribution in [2.24, 2.45) is 5.92 Å². The summed E-state index contributed by atoms with van der Waals surface area (Å²) in [5, 5.41) is 0. The molecule has 1 aliphatic carbocycles. The second-order valence-electron chi connectivity index (χ2n) is 6.16. The highest BCUT2D eigenvalue weighted by molar-refractivity contribution is 6.00. The number of carbonyl (C=O) groups is 2. The van der Waals surface area contributed by atoms with E-state index >= 15 is 0 Å². The maximum absolute atomic E-state index is 12.6. The van der Waals surface area contributed by atoms with Crippen LogP contribution in [0.3, 0.4) is 0 Å². The molecule has 4 nitrogen and oxygen atoms in total. The van der Waals surface area contributed by atoms with Crippen LogP contribution in [-0.2, 0) is 9.59 Å². The molecule has 2 amide bonds. The summed E-state index contributed by atoms with van der Waals surface area (Å²) < 4.78 is 0. The van der Waals surface area contributed by atoms with Gasteiger partial charge in [-0.15, -0.1) is 0 Å². The third kappa shape index (κ3) is 2.55. The van der Waals surface area contributed by atoms with E-state index in [2.05, 4.69) is 0 Å². The normalized spacial score (nSPS) is 23.1. The SMILES string of the molecule is Cc1ccc(N2CCN(C(=O)C3CCC3)C(C)C2=O)cc1. The number of anilines is 1. The molecule has 2 fully saturated rings. The lowest BCUT2D eigenvalue weighted by Gasteiger charge is -2.41. The largest absolute Gasteiger partial charge is 0.329 e. The molecular weight excluding hydrogens is 264 g/mol. The van der Waals surface area contributed by atoms with Crippen LogP contribution in [0.25, 0.3) is 0 Å². The van der Waals surface area contributed by atoms with Gasteiger partial charge >= 0.3 is 0 Å². The highest BCUT2D eigenvalue weighted by Crippen LogP contribution is 2.30. The first-order valence-corrected chi connectivity index (χ1v) is 7.76. The van der Waals surface area contributed by atoms with Crippen molar-refractivity contribution in [1.82, 2.24) is 4.90 Å². The smallest absolute Gasteiger partial charge is 0.249 e. The van der Waals surface area contributed by atoms with Gasteiger partial charge in [0.1, 0.15) is 6.04 Å². The lowest BCUT2D eigenvalue weighted by molar-refractivity contribution is -0.146. The van der Waals surface area contributed by atoms with Crippen molar-refractivity contribution in [3.8, 4) is 0 Å². The lowest BCUT2D eigenvalue weighted by atomic mass is 9.84. The molecule has 21 heavy (non-hydrogen) atoms. The van der Waals surface area contributed by atoms with E-state index in [0.29, 0.717) is 13.1 Å². The number of nitrogens with zero attached hydrogens (tertiary/aromatic N) is 2. The number of amides is 2. The predicted octanol–water partition coefficient (Wildman–Crippen LogP) is 2.36. The molecule has 0 spiro atoms. The van der Waals surface area contributed by atoms with Gasteiger partial charge in [0.05, 0.1) is 0 Å². The van der Waals surface area contributed by atoms with E-state index in [-0.39, 0.29) is 23.8 Å². The lowest BCUT2D eigenvalue weighted by Crippen LogP contribution is -2.59. The molecule has 1 atom stereocenters. The molecule has 3 rings (SSSR count). The Balaban J connectivity index is 1.73. The van der Waals surface area contributed by atoms with Crippen LogP contribution in [0.1, 0.15) is 31.7 Å². The Kier molecular flexibility index (Phi) is 3.70. The van der Waals surface area contributed by atoms with Crippen LogP contribution < -0.4 is 4.90 Å². The summed E-state index contributed by atoms with van der Waals surface area (Å²) in [4.78, 5) is 28.5. The molecule has 1 aliphatic heterocycles. The summed E-state index contributed by atoms with van der Waals surface area (Å²) in [6.07, 6.45) is 3.11. The van der Waals surface area contributed by atoms with Gasteiger partial charge in [0.25, 0.3) is 0 Å². The Morgan fingerprint density at radius 1 is 1.14 bits per heavy atom. The van der Waals surface area contributed by atoms with Crippen LogP contribution in [0.4, 0.5) is 5.69 Å². The van der Waals surface area contributed by atoms with Crippen LogP contribution in [0.5, 0.6) is 0 Å². The Morgan fingerprint density at radius 3 is 2.38 bits per heavy atom. The Labute approximate surface area is 125 Å². The van der Waals surface area contributed by atoms with E-state index in [4.69, 9.17) is 0 Å². The monoisotopic (exact) mass is 286 g/mol. The number of aryl methyl sites for hydroxylation is 1. The van der Waals surface area contributed by atoms with E-state index in [1.807, 2.05) is 38.1 Å². The van der Waals surface area contributed by atoms with Crippen LogP contribution in [0.2, 0.25) is 0 Å². The van der Waals surface area contributed by atoms with E-state index in [9.17, 15) is 9.59 Å². The summed E-state index contributed by atoms with van der Waals surface area (Å²) in [5.41, 5.74) is 2.10. The molecule has 0 aromatic heterocycles. The molecule has 1 aromatic carbocycles. The summed E-state index contributed by atoms with van der Waals surface area (Å²) in [5.74, 6) is 0.356. The number of benzene rings is 1. The predicted molar refractivity (Wildman–Crippen MR) is 82.0 cm³/mol. The summed E-state index contributed by atoms with van der Waals surface area (Å²) in [6, 6.07) is 7.62. The number of hydrogen-bond acceptors (Lipinski definition) is 2. The first kappa shape index (κ1) is 14.1. The van der Waals surface area contributed by atoms with Crippen LogP contribution in [0.15, 0.2) is 24.3 Å². The summed E-state index contributed by atoms with van der Waals surface area (Å²) in [7, 11) is 0. The first-order valence-electron chi connectivity index (χ1n) is 7.76. The van der Waals surface area contributed by atoms with Gasteiger partial charge in [0.15, 0.2) is 0 Å². The van der Waals surface area contributed by atoms with Gasteiger partial charge < -0.3 is 9.80 Å². The molecule has 0 radical (unpaired) electrons. The van der Waals surface area contributed by atoms with E-state index in [1.54, 1.807) is 9.80 Å². The van der Waals surface area contributed by atoms with Crippen LogP contribution in [0, 0.1) is 12.8 Å². The fraction of sp³-hybridized carbons (Fsp3) is 0.529. The second kappa shape index (κ2) is 5.51. The Bertz CT molecular complexity index is 548. The fourth-order valence-corrected chi connectivity index (χ4v) is 3.04. The maximum Gasteiger partial charge on any atom is 0.249 e. The van der Waals surface area contributed by atoms with Gasteiger partial charge in [-0.05, 0) is 38.8 Å². The average molecular weight is 286 g/mol. The Morgan fingerprint density at radius 2 is 1.81 bits per heavy atom. The van der Waals surface area contributed by atoms with Crippen molar-refractivity contribution in [3.05, 3.63) is 29.8 Å². The van der Waals surface area contributed by atoms with Crippen LogP contribution in [-0.4, -0.2) is 35.8 Å². The molecule has 0 bridgehead atoms. The molecule has 0 N–H and O–H groups in total. The maximum atomic E-state index is 12.6. The van der Waals surface area contributed by atoms with Crippen molar-refractivity contribution in [2.45, 2.75) is 39.2 Å². The summed E-state index contributed by atoms with van der Waals surface area (Å²) >= 11 is 0. The molecule has 4 heteroatoms. The standard InChI is InChI=1S/C17H22N2O2/c1-12-6-8-15(9-7-12)19-11-10-18(13(2)16(19)20)17(21)14-4-3-5-14/h6-9,13-14H,3-5,10-11H2,1-2H3. The minimum Gasteiger partial charge on any atom is -0.329 e. The number of rotatable bonds is 2. The molecule has 2 aliphatic rings. The highest BCUT2D eigenvalue weighted by atomic mass is 16.2. The molecule has 1 unspecified atom stereocenters. The Hall–Kier alpha value is -1.84. The quantitative estimate of drug-likeness (QED) is 0.837. The first-order chi connectivity index (χ1) is 10.1. The van der Waals surface area contributed by atoms with Crippen LogP contribution >= 0.6 is 0 Å². The zero-order chi connectivity index (χ0) is 15.0. The van der Waals surface area contributed by atoms with Crippen molar-refractivity contribution in [1.29, 1.82) is 0 Å². The molecular formula is C17H22N2O2. The van der Waals surface area contributed by atoms with Gasteiger partial charge in [-0.3, -0.25) is 9.59 Å². The second-order valence-corrected chi connectivity index (χ2v) is 6.16. The zero-order valence-corrected chi connectivity index (χ0v) is 12.7. The van der Waals surface area contributed by atoms with E-state index in [0.717, 1.165) is 24.9 Å². The number of carbonyl (C=O) groups excluding carboxylic acids is 2. The molecule has 1 heterocycles. The minimum atomic E-state index is -0.354. The third-order valence-corrected chi connectivity index (χ3v) is 4.74. The van der Waals surface area contributed by atoms with Gasteiger partial charge in [0.2, 0.25) is 11.8 Å². The third-order valence-electron chi connectivity index (χ3n) is 4.74. The average Bonchev–Trinajstić information content (AvgIpc) is 2.41.